The first-order valence-corrected chi connectivity index (χ1v) is 4.01. The summed E-state index contributed by atoms with van der Waals surface area (Å²) < 4.78 is 17.5. The summed E-state index contributed by atoms with van der Waals surface area (Å²) in [4.78, 5) is 3.54. The van der Waals surface area contributed by atoms with Crippen molar-refractivity contribution in [3.05, 3.63) is 29.3 Å². The molecule has 3 nitrogen and oxygen atoms in total. The standard InChI is InChI=1S/C9H13FN2O/c1-6-3-9(10)12-4-7(6)8(11)5-13-2/h3-4,8H,5,11H2,1-2H3/t8-/m1/s1. The predicted molar refractivity (Wildman–Crippen MR) is 47.7 cm³/mol. The van der Waals surface area contributed by atoms with Gasteiger partial charge in [0.1, 0.15) is 0 Å². The largest absolute Gasteiger partial charge is 0.383 e. The van der Waals surface area contributed by atoms with Crippen LogP contribution in [0.2, 0.25) is 0 Å². The molecule has 2 N–H and O–H groups in total. The monoisotopic (exact) mass is 184 g/mol. The van der Waals surface area contributed by atoms with Crippen molar-refractivity contribution in [3.8, 4) is 0 Å². The first-order chi connectivity index (χ1) is 6.15. The third kappa shape index (κ3) is 2.47. The fraction of sp³-hybridized carbons (Fsp3) is 0.444. The quantitative estimate of drug-likeness (QED) is 0.717. The molecular formula is C9H13FN2O. The van der Waals surface area contributed by atoms with E-state index in [1.165, 1.54) is 12.3 Å². The van der Waals surface area contributed by atoms with Gasteiger partial charge >= 0.3 is 0 Å². The van der Waals surface area contributed by atoms with E-state index in [9.17, 15) is 4.39 Å². The van der Waals surface area contributed by atoms with Gasteiger partial charge in [0.2, 0.25) is 5.95 Å². The number of methoxy groups -OCH3 is 1. The molecule has 0 aromatic carbocycles. The molecule has 0 amide bonds. The minimum Gasteiger partial charge on any atom is -0.383 e. The second-order valence-corrected chi connectivity index (χ2v) is 2.93. The van der Waals surface area contributed by atoms with Crippen LogP contribution in [-0.4, -0.2) is 18.7 Å². The number of hydrogen-bond acceptors (Lipinski definition) is 3. The second-order valence-electron chi connectivity index (χ2n) is 2.93. The van der Waals surface area contributed by atoms with Crippen LogP contribution < -0.4 is 5.73 Å². The SMILES string of the molecule is COC[C@@H](N)c1cnc(F)cc1C. The van der Waals surface area contributed by atoms with Crippen molar-refractivity contribution in [2.24, 2.45) is 5.73 Å². The number of pyridine rings is 1. The van der Waals surface area contributed by atoms with E-state index in [0.29, 0.717) is 6.61 Å². The van der Waals surface area contributed by atoms with Crippen LogP contribution in [0.4, 0.5) is 4.39 Å². The Morgan fingerprint density at radius 1 is 1.69 bits per heavy atom. The molecule has 72 valence electrons. The molecular weight excluding hydrogens is 171 g/mol. The van der Waals surface area contributed by atoms with Crippen molar-refractivity contribution < 1.29 is 9.13 Å². The first kappa shape index (κ1) is 10.1. The zero-order valence-corrected chi connectivity index (χ0v) is 7.75. The molecule has 0 saturated carbocycles. The Bertz CT molecular complexity index is 291. The maximum atomic E-state index is 12.6. The molecule has 0 aliphatic carbocycles. The summed E-state index contributed by atoms with van der Waals surface area (Å²) in [5.41, 5.74) is 7.39. The summed E-state index contributed by atoms with van der Waals surface area (Å²) in [6.45, 7) is 2.21. The Morgan fingerprint density at radius 3 is 2.92 bits per heavy atom. The Balaban J connectivity index is 2.88. The summed E-state index contributed by atoms with van der Waals surface area (Å²) in [5, 5.41) is 0. The number of hydrogen-bond donors (Lipinski definition) is 1. The van der Waals surface area contributed by atoms with Gasteiger partial charge in [0.15, 0.2) is 0 Å². The lowest BCUT2D eigenvalue weighted by molar-refractivity contribution is 0.180. The number of halogens is 1. The van der Waals surface area contributed by atoms with Crippen LogP contribution in [-0.2, 0) is 4.74 Å². The lowest BCUT2D eigenvalue weighted by Crippen LogP contribution is -2.17. The second kappa shape index (κ2) is 4.30. The summed E-state index contributed by atoms with van der Waals surface area (Å²) in [6.07, 6.45) is 1.45. The number of nitrogens with two attached hydrogens (primary N) is 1. The van der Waals surface area contributed by atoms with Gasteiger partial charge in [0.25, 0.3) is 0 Å². The summed E-state index contributed by atoms with van der Waals surface area (Å²) in [7, 11) is 1.58. The smallest absolute Gasteiger partial charge is 0.213 e. The molecule has 4 heteroatoms. The minimum absolute atomic E-state index is 0.238. The van der Waals surface area contributed by atoms with Crippen molar-refractivity contribution in [1.82, 2.24) is 4.98 Å². The van der Waals surface area contributed by atoms with E-state index >= 15 is 0 Å². The number of aryl methyl sites for hydroxylation is 1. The van der Waals surface area contributed by atoms with E-state index in [-0.39, 0.29) is 6.04 Å². The average molecular weight is 184 g/mol. The highest BCUT2D eigenvalue weighted by Gasteiger charge is 2.09. The van der Waals surface area contributed by atoms with E-state index in [4.69, 9.17) is 10.5 Å². The molecule has 1 aromatic rings. The maximum absolute atomic E-state index is 12.6. The van der Waals surface area contributed by atoms with Crippen LogP contribution in [0.25, 0.3) is 0 Å². The fourth-order valence-electron chi connectivity index (χ4n) is 1.19. The summed E-state index contributed by atoms with van der Waals surface area (Å²) in [6, 6.07) is 1.13. The number of ether oxygens (including phenoxy) is 1. The first-order valence-electron chi connectivity index (χ1n) is 4.01. The summed E-state index contributed by atoms with van der Waals surface area (Å²) >= 11 is 0. The zero-order valence-electron chi connectivity index (χ0n) is 7.75. The number of rotatable bonds is 3. The van der Waals surface area contributed by atoms with Gasteiger partial charge in [-0.2, -0.15) is 4.39 Å². The molecule has 0 radical (unpaired) electrons. The molecule has 0 aliphatic heterocycles. The van der Waals surface area contributed by atoms with Crippen LogP contribution in [0.1, 0.15) is 17.2 Å². The molecule has 1 rings (SSSR count). The van der Waals surface area contributed by atoms with Gasteiger partial charge in [0, 0.05) is 13.3 Å². The molecule has 0 saturated heterocycles. The van der Waals surface area contributed by atoms with E-state index in [1.54, 1.807) is 14.0 Å². The third-order valence-corrected chi connectivity index (χ3v) is 1.86. The molecule has 0 spiro atoms. The average Bonchev–Trinajstić information content (AvgIpc) is 2.04. The minimum atomic E-state index is -0.481. The van der Waals surface area contributed by atoms with Crippen LogP contribution in [0.5, 0.6) is 0 Å². The van der Waals surface area contributed by atoms with Gasteiger partial charge < -0.3 is 10.5 Å². The highest BCUT2D eigenvalue weighted by molar-refractivity contribution is 5.25. The van der Waals surface area contributed by atoms with Crippen molar-refractivity contribution in [3.63, 3.8) is 0 Å². The third-order valence-electron chi connectivity index (χ3n) is 1.86. The Labute approximate surface area is 76.7 Å². The van der Waals surface area contributed by atoms with Gasteiger partial charge in [-0.05, 0) is 24.1 Å². The fourth-order valence-corrected chi connectivity index (χ4v) is 1.19. The lowest BCUT2D eigenvalue weighted by atomic mass is 10.1. The van der Waals surface area contributed by atoms with Crippen LogP contribution >= 0.6 is 0 Å². The highest BCUT2D eigenvalue weighted by Crippen LogP contribution is 2.14. The molecule has 0 unspecified atom stereocenters. The molecule has 13 heavy (non-hydrogen) atoms. The Kier molecular flexibility index (Phi) is 3.33. The van der Waals surface area contributed by atoms with Gasteiger partial charge in [-0.25, -0.2) is 4.98 Å². The van der Waals surface area contributed by atoms with Crippen molar-refractivity contribution in [2.45, 2.75) is 13.0 Å². The van der Waals surface area contributed by atoms with Crippen molar-refractivity contribution in [2.75, 3.05) is 13.7 Å². The lowest BCUT2D eigenvalue weighted by Gasteiger charge is -2.12. The van der Waals surface area contributed by atoms with Gasteiger partial charge in [-0.3, -0.25) is 0 Å². The van der Waals surface area contributed by atoms with Crippen LogP contribution in [0, 0.1) is 12.9 Å². The summed E-state index contributed by atoms with van der Waals surface area (Å²) in [5.74, 6) is -0.481. The topological polar surface area (TPSA) is 48.1 Å². The van der Waals surface area contributed by atoms with E-state index < -0.39 is 5.95 Å². The van der Waals surface area contributed by atoms with Gasteiger partial charge in [-0.1, -0.05) is 0 Å². The van der Waals surface area contributed by atoms with Crippen molar-refractivity contribution >= 4 is 0 Å². The molecule has 0 aliphatic rings. The van der Waals surface area contributed by atoms with Crippen LogP contribution in [0.3, 0.4) is 0 Å². The zero-order chi connectivity index (χ0) is 9.84. The van der Waals surface area contributed by atoms with Crippen LogP contribution in [0.15, 0.2) is 12.3 Å². The molecule has 0 fully saturated rings. The van der Waals surface area contributed by atoms with Crippen molar-refractivity contribution in [1.29, 1.82) is 0 Å². The van der Waals surface area contributed by atoms with Gasteiger partial charge in [0.05, 0.1) is 12.6 Å². The normalized spacial score (nSPS) is 12.9. The van der Waals surface area contributed by atoms with E-state index in [1.807, 2.05) is 0 Å². The van der Waals surface area contributed by atoms with E-state index in [0.717, 1.165) is 11.1 Å². The Hall–Kier alpha value is -1.00. The molecule has 1 heterocycles. The molecule has 0 bridgehead atoms. The molecule has 1 atom stereocenters. The van der Waals surface area contributed by atoms with Gasteiger partial charge in [-0.15, -0.1) is 0 Å². The number of aromatic nitrogens is 1. The Morgan fingerprint density at radius 2 is 2.38 bits per heavy atom. The number of nitrogens with zero attached hydrogens (tertiary/aromatic N) is 1. The maximum Gasteiger partial charge on any atom is 0.213 e. The predicted octanol–water partition coefficient (Wildman–Crippen LogP) is 1.18. The highest BCUT2D eigenvalue weighted by atomic mass is 19.1. The molecule has 1 aromatic heterocycles. The van der Waals surface area contributed by atoms with E-state index in [2.05, 4.69) is 4.98 Å².